The fourth-order valence-electron chi connectivity index (χ4n) is 4.02. The van der Waals surface area contributed by atoms with Crippen molar-refractivity contribution in [1.29, 1.82) is 0 Å². The van der Waals surface area contributed by atoms with Crippen LogP contribution in [0.5, 0.6) is 0 Å². The maximum Gasteiger partial charge on any atom is 0.245 e. The molecule has 7 heteroatoms. The summed E-state index contributed by atoms with van der Waals surface area (Å²) in [5.41, 5.74) is 4.70. The van der Waals surface area contributed by atoms with Crippen LogP contribution in [-0.4, -0.2) is 29.7 Å². The summed E-state index contributed by atoms with van der Waals surface area (Å²) in [4.78, 5) is 20.7. The van der Waals surface area contributed by atoms with Gasteiger partial charge >= 0.3 is 0 Å². The Kier molecular flexibility index (Phi) is 7.49. The predicted molar refractivity (Wildman–Crippen MR) is 121 cm³/mol. The Labute approximate surface area is 186 Å². The third kappa shape index (κ3) is 5.26. The first-order valence-electron chi connectivity index (χ1n) is 10.7. The first-order valence-corrected chi connectivity index (χ1v) is 12.5. The Hall–Kier alpha value is -1.38. The van der Waals surface area contributed by atoms with E-state index in [-0.39, 0.29) is 23.6 Å². The molecule has 2 N–H and O–H groups in total. The van der Waals surface area contributed by atoms with Crippen molar-refractivity contribution in [3.63, 3.8) is 0 Å². The zero-order valence-corrected chi connectivity index (χ0v) is 18.7. The van der Waals surface area contributed by atoms with E-state index in [9.17, 15) is 9.90 Å². The Balaban J connectivity index is 1.46. The van der Waals surface area contributed by atoms with Crippen molar-refractivity contribution < 1.29 is 19.5 Å². The highest BCUT2D eigenvalue weighted by Crippen LogP contribution is 2.50. The van der Waals surface area contributed by atoms with Crippen molar-refractivity contribution in [2.75, 3.05) is 12.4 Å². The SMILES string of the molecule is O=C(C[C@]1(c2ccc(-c3ccc(CO)cc3)s2)CCCCS1)NOC1CCCCO1. The highest BCUT2D eigenvalue weighted by molar-refractivity contribution is 8.00. The first-order chi connectivity index (χ1) is 14.7. The molecule has 30 heavy (non-hydrogen) atoms. The van der Waals surface area contributed by atoms with E-state index in [2.05, 4.69) is 17.6 Å². The lowest BCUT2D eigenvalue weighted by Crippen LogP contribution is -2.37. The molecule has 0 radical (unpaired) electrons. The Morgan fingerprint density at radius 3 is 2.73 bits per heavy atom. The first kappa shape index (κ1) is 21.8. The predicted octanol–water partition coefficient (Wildman–Crippen LogP) is 4.98. The highest BCUT2D eigenvalue weighted by atomic mass is 32.2. The minimum absolute atomic E-state index is 0.0544. The maximum atomic E-state index is 12.8. The lowest BCUT2D eigenvalue weighted by Gasteiger charge is -2.35. The number of nitrogens with one attached hydrogen (secondary N) is 1. The quantitative estimate of drug-likeness (QED) is 0.586. The van der Waals surface area contributed by atoms with Crippen LogP contribution in [0.1, 0.15) is 55.4 Å². The van der Waals surface area contributed by atoms with Gasteiger partial charge in [-0.05, 0) is 54.7 Å². The van der Waals surface area contributed by atoms with Crippen LogP contribution in [0.2, 0.25) is 0 Å². The van der Waals surface area contributed by atoms with Crippen LogP contribution in [-0.2, 0) is 25.7 Å². The zero-order chi connectivity index (χ0) is 20.8. The van der Waals surface area contributed by atoms with E-state index in [1.807, 2.05) is 36.0 Å². The number of thiophene rings is 1. The molecule has 2 aliphatic heterocycles. The molecule has 2 saturated heterocycles. The van der Waals surface area contributed by atoms with Gasteiger partial charge in [0.25, 0.3) is 0 Å². The molecule has 5 nitrogen and oxygen atoms in total. The molecule has 2 atom stereocenters. The third-order valence-electron chi connectivity index (χ3n) is 5.72. The van der Waals surface area contributed by atoms with Crippen LogP contribution in [0.25, 0.3) is 10.4 Å². The Morgan fingerprint density at radius 2 is 2.03 bits per heavy atom. The summed E-state index contributed by atoms with van der Waals surface area (Å²) >= 11 is 3.66. The van der Waals surface area contributed by atoms with Gasteiger partial charge in [0, 0.05) is 29.2 Å². The normalized spacial score (nSPS) is 24.5. The number of aliphatic hydroxyl groups excluding tert-OH is 1. The number of ether oxygens (including phenoxy) is 1. The molecule has 0 bridgehead atoms. The number of benzene rings is 1. The molecular formula is C23H29NO4S2. The molecule has 2 aliphatic rings. The standard InChI is InChI=1S/C23H29NO4S2/c25-16-17-6-8-18(9-7-17)19-10-11-20(30-19)23(12-2-4-14-29-23)15-21(26)24-28-22-5-1-3-13-27-22/h6-11,22,25H,1-5,12-16H2,(H,24,26)/t22?,23-/m0/s1. The summed E-state index contributed by atoms with van der Waals surface area (Å²) in [6.07, 6.45) is 6.35. The molecule has 162 valence electrons. The number of rotatable bonds is 7. The van der Waals surface area contributed by atoms with Gasteiger partial charge in [0.05, 0.1) is 11.4 Å². The number of hydrogen-bond donors (Lipinski definition) is 2. The Morgan fingerprint density at radius 1 is 1.17 bits per heavy atom. The third-order valence-corrected chi connectivity index (χ3v) is 8.80. The fraction of sp³-hybridized carbons (Fsp3) is 0.522. The van der Waals surface area contributed by atoms with Gasteiger partial charge in [-0.2, -0.15) is 0 Å². The van der Waals surface area contributed by atoms with Gasteiger partial charge in [0.15, 0.2) is 6.29 Å². The van der Waals surface area contributed by atoms with Crippen LogP contribution in [0, 0.1) is 0 Å². The van der Waals surface area contributed by atoms with Crippen LogP contribution < -0.4 is 5.48 Å². The van der Waals surface area contributed by atoms with Gasteiger partial charge in [0.1, 0.15) is 0 Å². The average Bonchev–Trinajstić information content (AvgIpc) is 3.30. The second-order valence-electron chi connectivity index (χ2n) is 7.93. The van der Waals surface area contributed by atoms with Crippen molar-refractivity contribution in [2.45, 2.75) is 62.6 Å². The van der Waals surface area contributed by atoms with Crippen molar-refractivity contribution >= 4 is 29.0 Å². The molecule has 0 saturated carbocycles. The van der Waals surface area contributed by atoms with Crippen molar-refractivity contribution in [3.8, 4) is 10.4 Å². The fourth-order valence-corrected chi connectivity index (χ4v) is 6.91. The number of carbonyl (C=O) groups is 1. The number of carbonyl (C=O) groups excluding carboxylic acids is 1. The molecule has 4 rings (SSSR count). The van der Waals surface area contributed by atoms with Crippen molar-refractivity contribution in [2.24, 2.45) is 0 Å². The molecule has 1 amide bonds. The van der Waals surface area contributed by atoms with Gasteiger partial charge in [0.2, 0.25) is 5.91 Å². The van der Waals surface area contributed by atoms with Gasteiger partial charge in [-0.15, -0.1) is 23.1 Å². The maximum absolute atomic E-state index is 12.8. The molecule has 1 unspecified atom stereocenters. The molecule has 1 aromatic heterocycles. The minimum Gasteiger partial charge on any atom is -0.392 e. The molecule has 1 aromatic carbocycles. The van der Waals surface area contributed by atoms with E-state index in [1.54, 1.807) is 11.3 Å². The van der Waals surface area contributed by atoms with Crippen LogP contribution in [0.15, 0.2) is 36.4 Å². The summed E-state index contributed by atoms with van der Waals surface area (Å²) < 4.78 is 5.34. The molecule has 2 fully saturated rings. The largest absolute Gasteiger partial charge is 0.392 e. The van der Waals surface area contributed by atoms with Crippen molar-refractivity contribution in [1.82, 2.24) is 5.48 Å². The van der Waals surface area contributed by atoms with Gasteiger partial charge in [-0.1, -0.05) is 30.7 Å². The Bertz CT molecular complexity index is 824. The smallest absolute Gasteiger partial charge is 0.245 e. The number of thioether (sulfide) groups is 1. The van der Waals surface area contributed by atoms with Crippen LogP contribution in [0.4, 0.5) is 0 Å². The van der Waals surface area contributed by atoms with E-state index in [1.165, 1.54) is 16.2 Å². The van der Waals surface area contributed by atoms with E-state index in [0.29, 0.717) is 13.0 Å². The lowest BCUT2D eigenvalue weighted by molar-refractivity contribution is -0.200. The number of aliphatic hydroxyl groups is 1. The van der Waals surface area contributed by atoms with Crippen LogP contribution >= 0.6 is 23.1 Å². The van der Waals surface area contributed by atoms with E-state index in [0.717, 1.165) is 49.0 Å². The topological polar surface area (TPSA) is 67.8 Å². The summed E-state index contributed by atoms with van der Waals surface area (Å²) in [5.74, 6) is 0.985. The number of hydrogen-bond acceptors (Lipinski definition) is 6. The molecule has 3 heterocycles. The molecular weight excluding hydrogens is 418 g/mol. The summed E-state index contributed by atoms with van der Waals surface area (Å²) in [5, 5.41) is 9.26. The van der Waals surface area contributed by atoms with E-state index >= 15 is 0 Å². The monoisotopic (exact) mass is 447 g/mol. The zero-order valence-electron chi connectivity index (χ0n) is 17.1. The summed E-state index contributed by atoms with van der Waals surface area (Å²) in [6.45, 7) is 0.746. The number of hydroxylamine groups is 1. The second kappa shape index (κ2) is 10.3. The minimum atomic E-state index is -0.326. The average molecular weight is 448 g/mol. The number of amides is 1. The van der Waals surface area contributed by atoms with Gasteiger partial charge in [-0.3, -0.25) is 4.79 Å². The lowest BCUT2D eigenvalue weighted by atomic mass is 9.94. The van der Waals surface area contributed by atoms with Gasteiger partial charge < -0.3 is 9.84 Å². The molecule has 0 spiro atoms. The molecule has 0 aliphatic carbocycles. The summed E-state index contributed by atoms with van der Waals surface area (Å²) in [6, 6.07) is 12.3. The summed E-state index contributed by atoms with van der Waals surface area (Å²) in [7, 11) is 0. The van der Waals surface area contributed by atoms with Crippen LogP contribution in [0.3, 0.4) is 0 Å². The van der Waals surface area contributed by atoms with E-state index < -0.39 is 0 Å². The van der Waals surface area contributed by atoms with Gasteiger partial charge in [-0.25, -0.2) is 10.3 Å². The van der Waals surface area contributed by atoms with E-state index in [4.69, 9.17) is 9.57 Å². The highest BCUT2D eigenvalue weighted by Gasteiger charge is 2.38. The molecule has 2 aromatic rings. The second-order valence-corrected chi connectivity index (χ2v) is 10.5. The van der Waals surface area contributed by atoms with Crippen molar-refractivity contribution in [3.05, 3.63) is 46.8 Å².